The molecule has 1 fully saturated rings. The van der Waals surface area contributed by atoms with Gasteiger partial charge >= 0.3 is 12.5 Å². The van der Waals surface area contributed by atoms with Crippen LogP contribution in [0.25, 0.3) is 11.5 Å². The van der Waals surface area contributed by atoms with Crippen LogP contribution in [0.3, 0.4) is 0 Å². The molecule has 2 aromatic carbocycles. The van der Waals surface area contributed by atoms with E-state index in [2.05, 4.69) is 32.4 Å². The molecule has 0 atom stereocenters. The van der Waals surface area contributed by atoms with E-state index < -0.39 is 18.1 Å². The molecule has 186 valence electrons. The number of anilines is 1. The fourth-order valence-corrected chi connectivity index (χ4v) is 3.79. The second-order valence-electron chi connectivity index (χ2n) is 8.35. The second kappa shape index (κ2) is 11.3. The number of urea groups is 1. The first-order valence-electron chi connectivity index (χ1n) is 11.3. The van der Waals surface area contributed by atoms with Crippen molar-refractivity contribution in [3.8, 4) is 11.5 Å². The molecule has 4 rings (SSSR count). The molecule has 0 aliphatic carbocycles. The molecule has 0 saturated carbocycles. The Labute approximate surface area is 201 Å². The van der Waals surface area contributed by atoms with E-state index in [0.29, 0.717) is 12.2 Å². The summed E-state index contributed by atoms with van der Waals surface area (Å²) in [7, 11) is 2.09. The number of carbonyl (C=O) groups excluding carboxylic acids is 1. The number of para-hydroxylation sites is 1. The average molecular weight is 489 g/mol. The normalized spacial score (nSPS) is 14.9. The van der Waals surface area contributed by atoms with Crippen molar-refractivity contribution in [2.45, 2.75) is 13.0 Å². The van der Waals surface area contributed by atoms with Gasteiger partial charge in [-0.25, -0.2) is 9.18 Å². The molecule has 2 amide bonds. The Morgan fingerprint density at radius 3 is 2.51 bits per heavy atom. The molecule has 0 unspecified atom stereocenters. The zero-order valence-corrected chi connectivity index (χ0v) is 19.3. The van der Waals surface area contributed by atoms with Gasteiger partial charge in [-0.3, -0.25) is 9.80 Å². The van der Waals surface area contributed by atoms with Crippen LogP contribution in [0.15, 0.2) is 52.9 Å². The van der Waals surface area contributed by atoms with E-state index in [0.717, 1.165) is 38.8 Å². The molecule has 1 aliphatic rings. The molecule has 1 N–H and O–H groups in total. The van der Waals surface area contributed by atoms with Gasteiger partial charge in [0, 0.05) is 56.1 Å². The number of aromatic nitrogens is 2. The number of piperazine rings is 1. The summed E-state index contributed by atoms with van der Waals surface area (Å²) in [6.45, 7) is 5.06. The molecule has 3 aromatic rings. The Morgan fingerprint density at radius 1 is 1.11 bits per heavy atom. The molecule has 1 aromatic heterocycles. The number of alkyl halides is 2. The highest BCUT2D eigenvalue weighted by molar-refractivity contribution is 5.91. The monoisotopic (exact) mass is 488 g/mol. The van der Waals surface area contributed by atoms with Crippen LogP contribution in [0.5, 0.6) is 0 Å². The lowest BCUT2D eigenvalue weighted by atomic mass is 10.1. The summed E-state index contributed by atoms with van der Waals surface area (Å²) in [5, 5.41) is 9.75. The van der Waals surface area contributed by atoms with Gasteiger partial charge in [0.2, 0.25) is 5.89 Å². The molecule has 2 heterocycles. The maximum Gasteiger partial charge on any atom is 0.322 e. The number of hydrogen-bond donors (Lipinski definition) is 1. The molecule has 35 heavy (non-hydrogen) atoms. The van der Waals surface area contributed by atoms with Gasteiger partial charge in [-0.2, -0.15) is 8.78 Å². The van der Waals surface area contributed by atoms with E-state index in [1.807, 2.05) is 6.07 Å². The third-order valence-electron chi connectivity index (χ3n) is 5.87. The van der Waals surface area contributed by atoms with Crippen molar-refractivity contribution in [3.63, 3.8) is 0 Å². The summed E-state index contributed by atoms with van der Waals surface area (Å²) in [6.07, 6.45) is -2.91. The van der Waals surface area contributed by atoms with Crippen molar-refractivity contribution >= 4 is 11.7 Å². The van der Waals surface area contributed by atoms with Gasteiger partial charge < -0.3 is 14.6 Å². The molecule has 0 spiro atoms. The number of nitrogens with zero attached hydrogens (tertiary/aromatic N) is 5. The number of likely N-dealkylation sites (N-methyl/N-ethyl adjacent to an activating group) is 1. The molecule has 1 saturated heterocycles. The van der Waals surface area contributed by atoms with Crippen molar-refractivity contribution in [3.05, 3.63) is 65.8 Å². The van der Waals surface area contributed by atoms with Crippen molar-refractivity contribution in [2.75, 3.05) is 51.2 Å². The smallest absolute Gasteiger partial charge is 0.322 e. The molecule has 0 radical (unpaired) electrons. The van der Waals surface area contributed by atoms with Crippen molar-refractivity contribution in [1.29, 1.82) is 0 Å². The molecule has 1 aliphatic heterocycles. The lowest BCUT2D eigenvalue weighted by Gasteiger charge is -2.32. The van der Waals surface area contributed by atoms with Gasteiger partial charge in [-0.1, -0.05) is 24.3 Å². The van der Waals surface area contributed by atoms with Crippen LogP contribution in [0, 0.1) is 5.82 Å². The van der Waals surface area contributed by atoms with E-state index in [1.54, 1.807) is 24.3 Å². The molecular formula is C24H27F3N6O2. The third kappa shape index (κ3) is 6.37. The lowest BCUT2D eigenvalue weighted by Crippen LogP contribution is -2.48. The average Bonchev–Trinajstić information content (AvgIpc) is 3.36. The fourth-order valence-electron chi connectivity index (χ4n) is 3.79. The molecule has 0 bridgehead atoms. The summed E-state index contributed by atoms with van der Waals surface area (Å²) < 4.78 is 45.3. The Kier molecular flexibility index (Phi) is 7.98. The van der Waals surface area contributed by atoms with Crippen molar-refractivity contribution in [1.82, 2.24) is 25.3 Å². The standard InChI is InChI=1S/C24H27F3N6O2/c1-31-11-13-32(14-12-31)10-9-28-24(34)33(19-5-3-2-4-6-19)16-18-8-7-17(15-20(18)25)22-29-30-23(35-22)21(26)27/h2-8,15,21H,9-14,16H2,1H3,(H,28,34). The lowest BCUT2D eigenvalue weighted by molar-refractivity contribution is 0.116. The SMILES string of the molecule is CN1CCN(CCNC(=O)N(Cc2ccc(-c3nnc(C(F)F)o3)cc2F)c2ccccc2)CC1. The first kappa shape index (κ1) is 24.7. The minimum Gasteiger partial charge on any atom is -0.415 e. The van der Waals surface area contributed by atoms with Crippen molar-refractivity contribution < 1.29 is 22.4 Å². The van der Waals surface area contributed by atoms with Crippen LogP contribution >= 0.6 is 0 Å². The van der Waals surface area contributed by atoms with Gasteiger partial charge in [0.25, 0.3) is 5.89 Å². The highest BCUT2D eigenvalue weighted by Gasteiger charge is 2.21. The van der Waals surface area contributed by atoms with Crippen molar-refractivity contribution in [2.24, 2.45) is 0 Å². The fraction of sp³-hybridized carbons (Fsp3) is 0.375. The highest BCUT2D eigenvalue weighted by Crippen LogP contribution is 2.26. The van der Waals surface area contributed by atoms with E-state index >= 15 is 0 Å². The zero-order chi connectivity index (χ0) is 24.8. The zero-order valence-electron chi connectivity index (χ0n) is 19.3. The highest BCUT2D eigenvalue weighted by atomic mass is 19.3. The van der Waals surface area contributed by atoms with Gasteiger partial charge in [-0.05, 0) is 31.3 Å². The maximum atomic E-state index is 15.0. The number of halogens is 3. The van der Waals surface area contributed by atoms with Gasteiger partial charge in [0.1, 0.15) is 5.82 Å². The third-order valence-corrected chi connectivity index (χ3v) is 5.87. The molecule has 11 heteroatoms. The Hall–Kier alpha value is -3.44. The Bertz CT molecular complexity index is 1120. The largest absolute Gasteiger partial charge is 0.415 e. The summed E-state index contributed by atoms with van der Waals surface area (Å²) in [6, 6.07) is 12.7. The van der Waals surface area contributed by atoms with Crippen LogP contribution < -0.4 is 10.2 Å². The van der Waals surface area contributed by atoms with Crippen LogP contribution in [0.1, 0.15) is 17.9 Å². The number of amides is 2. The topological polar surface area (TPSA) is 77.7 Å². The van der Waals surface area contributed by atoms with E-state index in [4.69, 9.17) is 4.42 Å². The number of hydrogen-bond acceptors (Lipinski definition) is 6. The summed E-state index contributed by atoms with van der Waals surface area (Å²) >= 11 is 0. The minimum absolute atomic E-state index is 0.0252. The summed E-state index contributed by atoms with van der Waals surface area (Å²) in [4.78, 5) is 19.1. The number of carbonyl (C=O) groups is 1. The quantitative estimate of drug-likeness (QED) is 0.520. The van der Waals surface area contributed by atoms with Crippen LogP contribution in [-0.4, -0.2) is 72.3 Å². The second-order valence-corrected chi connectivity index (χ2v) is 8.35. The Morgan fingerprint density at radius 2 is 1.86 bits per heavy atom. The van der Waals surface area contributed by atoms with Crippen LogP contribution in [0.2, 0.25) is 0 Å². The van der Waals surface area contributed by atoms with Gasteiger partial charge in [-0.15, -0.1) is 10.2 Å². The van der Waals surface area contributed by atoms with E-state index in [1.165, 1.54) is 17.0 Å². The number of benzene rings is 2. The number of rotatable bonds is 8. The van der Waals surface area contributed by atoms with Gasteiger partial charge in [0.05, 0.1) is 6.54 Å². The molecule has 8 nitrogen and oxygen atoms in total. The first-order valence-corrected chi connectivity index (χ1v) is 11.3. The number of nitrogens with one attached hydrogen (secondary N) is 1. The van der Waals surface area contributed by atoms with Crippen LogP contribution in [-0.2, 0) is 6.54 Å². The predicted molar refractivity (Wildman–Crippen MR) is 125 cm³/mol. The molecular weight excluding hydrogens is 461 g/mol. The van der Waals surface area contributed by atoms with E-state index in [-0.39, 0.29) is 29.6 Å². The van der Waals surface area contributed by atoms with Gasteiger partial charge in [0.15, 0.2) is 0 Å². The Balaban J connectivity index is 1.44. The summed E-state index contributed by atoms with van der Waals surface area (Å²) in [5.74, 6) is -1.65. The predicted octanol–water partition coefficient (Wildman–Crippen LogP) is 3.78. The maximum absolute atomic E-state index is 15.0. The van der Waals surface area contributed by atoms with E-state index in [9.17, 15) is 18.0 Å². The minimum atomic E-state index is -2.91. The van der Waals surface area contributed by atoms with Crippen LogP contribution in [0.4, 0.5) is 23.7 Å². The first-order chi connectivity index (χ1) is 16.9. The summed E-state index contributed by atoms with van der Waals surface area (Å²) in [5.41, 5.74) is 1.04.